The van der Waals surface area contributed by atoms with E-state index in [2.05, 4.69) is 0 Å². The summed E-state index contributed by atoms with van der Waals surface area (Å²) < 4.78 is 6.87. The highest BCUT2D eigenvalue weighted by molar-refractivity contribution is 7.99. The predicted molar refractivity (Wildman–Crippen MR) is 118 cm³/mol. The molecule has 4 rings (SSSR count). The first-order valence-electron chi connectivity index (χ1n) is 9.35. The molecular weight excluding hydrogens is 412 g/mol. The highest BCUT2D eigenvalue weighted by Gasteiger charge is 2.25. The molecule has 7 heteroatoms. The monoisotopic (exact) mass is 432 g/mol. The van der Waals surface area contributed by atoms with E-state index in [0.717, 1.165) is 44.7 Å². The largest absolute Gasteiger partial charge is 0.376 e. The molecule has 1 aliphatic heterocycles. The van der Waals surface area contributed by atoms with Crippen molar-refractivity contribution in [2.45, 2.75) is 30.3 Å². The molecule has 2 heterocycles. The molecule has 1 saturated heterocycles. The zero-order chi connectivity index (χ0) is 19.3. The molecule has 0 aliphatic carbocycles. The van der Waals surface area contributed by atoms with Gasteiger partial charge in [-0.15, -0.1) is 11.8 Å². The average molecular weight is 433 g/mol. The Morgan fingerprint density at radius 2 is 2.07 bits per heavy atom. The number of fused-ring (bicyclic) bond motifs is 1. The number of nitrogens with zero attached hydrogens (tertiary/aromatic N) is 2. The number of halogens is 1. The number of thiazole rings is 1. The summed E-state index contributed by atoms with van der Waals surface area (Å²) in [5.41, 5.74) is 0.933. The van der Waals surface area contributed by atoms with E-state index in [1.807, 2.05) is 53.4 Å². The molecule has 1 amide bonds. The summed E-state index contributed by atoms with van der Waals surface area (Å²) in [7, 11) is 0. The zero-order valence-corrected chi connectivity index (χ0v) is 17.7. The minimum absolute atomic E-state index is 0.0935. The molecule has 28 heavy (non-hydrogen) atoms. The van der Waals surface area contributed by atoms with Crippen molar-refractivity contribution in [3.05, 3.63) is 53.6 Å². The molecular formula is C21H21ClN2O2S2. The van der Waals surface area contributed by atoms with E-state index < -0.39 is 0 Å². The van der Waals surface area contributed by atoms with Crippen molar-refractivity contribution in [3.8, 4) is 0 Å². The molecule has 0 bridgehead atoms. The molecule has 0 N–H and O–H groups in total. The minimum atomic E-state index is 0.0935. The van der Waals surface area contributed by atoms with E-state index in [0.29, 0.717) is 18.7 Å². The Balaban J connectivity index is 1.45. The van der Waals surface area contributed by atoms with E-state index >= 15 is 0 Å². The number of ether oxygens (including phenoxy) is 1. The summed E-state index contributed by atoms with van der Waals surface area (Å²) in [6.45, 7) is 1.35. The number of benzene rings is 2. The third kappa shape index (κ3) is 4.87. The Morgan fingerprint density at radius 3 is 2.82 bits per heavy atom. The third-order valence-electron chi connectivity index (χ3n) is 4.62. The topological polar surface area (TPSA) is 42.4 Å². The number of anilines is 1. The van der Waals surface area contributed by atoms with Crippen LogP contribution in [0, 0.1) is 0 Å². The second-order valence-electron chi connectivity index (χ2n) is 6.66. The fourth-order valence-electron chi connectivity index (χ4n) is 3.18. The molecule has 1 aliphatic rings. The van der Waals surface area contributed by atoms with Gasteiger partial charge in [-0.25, -0.2) is 4.98 Å². The van der Waals surface area contributed by atoms with Crippen molar-refractivity contribution in [2.24, 2.45) is 0 Å². The van der Waals surface area contributed by atoms with E-state index in [1.54, 1.807) is 23.1 Å². The van der Waals surface area contributed by atoms with Crippen molar-refractivity contribution in [3.63, 3.8) is 0 Å². The first-order chi connectivity index (χ1) is 13.7. The highest BCUT2D eigenvalue weighted by Crippen LogP contribution is 2.30. The van der Waals surface area contributed by atoms with Crippen molar-refractivity contribution >= 4 is 56.0 Å². The van der Waals surface area contributed by atoms with E-state index in [-0.39, 0.29) is 12.0 Å². The second kappa shape index (κ2) is 9.27. The van der Waals surface area contributed by atoms with Gasteiger partial charge in [-0.2, -0.15) is 0 Å². The molecule has 2 aromatic carbocycles. The summed E-state index contributed by atoms with van der Waals surface area (Å²) in [4.78, 5) is 20.7. The molecule has 0 radical (unpaired) electrons. The van der Waals surface area contributed by atoms with Crippen molar-refractivity contribution in [1.82, 2.24) is 4.98 Å². The van der Waals surface area contributed by atoms with Crippen LogP contribution in [0.5, 0.6) is 0 Å². The van der Waals surface area contributed by atoms with Gasteiger partial charge in [-0.05, 0) is 49.2 Å². The molecule has 3 aromatic rings. The SMILES string of the molecule is O=C(CCSc1ccc(Cl)cc1)N(CC1CCCO1)c1nc2ccccc2s1. The number of hydrogen-bond donors (Lipinski definition) is 0. The van der Waals surface area contributed by atoms with Crippen LogP contribution in [0.25, 0.3) is 10.2 Å². The zero-order valence-electron chi connectivity index (χ0n) is 15.3. The van der Waals surface area contributed by atoms with E-state index in [1.165, 1.54) is 0 Å². The van der Waals surface area contributed by atoms with Crippen LogP contribution in [0.1, 0.15) is 19.3 Å². The lowest BCUT2D eigenvalue weighted by Gasteiger charge is -2.23. The predicted octanol–water partition coefficient (Wildman–Crippen LogP) is 5.64. The smallest absolute Gasteiger partial charge is 0.229 e. The van der Waals surface area contributed by atoms with Gasteiger partial charge in [0.1, 0.15) is 0 Å². The van der Waals surface area contributed by atoms with Crippen LogP contribution in [-0.2, 0) is 9.53 Å². The first-order valence-corrected chi connectivity index (χ1v) is 11.5. The van der Waals surface area contributed by atoms with Gasteiger partial charge in [0.05, 0.1) is 22.9 Å². The maximum absolute atomic E-state index is 13.1. The normalized spacial score (nSPS) is 16.5. The van der Waals surface area contributed by atoms with E-state index in [9.17, 15) is 4.79 Å². The summed E-state index contributed by atoms with van der Waals surface area (Å²) in [5.74, 6) is 0.809. The number of hydrogen-bond acceptors (Lipinski definition) is 5. The lowest BCUT2D eigenvalue weighted by atomic mass is 10.2. The van der Waals surface area contributed by atoms with Crippen LogP contribution in [0.15, 0.2) is 53.4 Å². The molecule has 1 unspecified atom stereocenters. The molecule has 1 aromatic heterocycles. The minimum Gasteiger partial charge on any atom is -0.376 e. The fraction of sp³-hybridized carbons (Fsp3) is 0.333. The lowest BCUT2D eigenvalue weighted by Crippen LogP contribution is -2.37. The van der Waals surface area contributed by atoms with Gasteiger partial charge in [-0.3, -0.25) is 9.69 Å². The number of rotatable bonds is 7. The van der Waals surface area contributed by atoms with Crippen molar-refractivity contribution < 1.29 is 9.53 Å². The van der Waals surface area contributed by atoms with Crippen LogP contribution >= 0.6 is 34.7 Å². The van der Waals surface area contributed by atoms with Crippen LogP contribution in [0.2, 0.25) is 5.02 Å². The standard InChI is InChI=1S/C21H21ClN2O2S2/c22-15-7-9-17(10-8-15)27-13-11-20(25)24(14-16-4-3-12-26-16)21-23-18-5-1-2-6-19(18)28-21/h1-2,5-10,16H,3-4,11-14H2. The van der Waals surface area contributed by atoms with Gasteiger partial charge in [0, 0.05) is 28.7 Å². The second-order valence-corrected chi connectivity index (χ2v) is 9.27. The maximum atomic E-state index is 13.1. The number of carbonyl (C=O) groups is 1. The lowest BCUT2D eigenvalue weighted by molar-refractivity contribution is -0.118. The Morgan fingerprint density at radius 1 is 1.25 bits per heavy atom. The molecule has 1 atom stereocenters. The number of amides is 1. The Labute approximate surface area is 177 Å². The van der Waals surface area contributed by atoms with Gasteiger partial charge < -0.3 is 4.74 Å². The molecule has 4 nitrogen and oxygen atoms in total. The number of thioether (sulfide) groups is 1. The number of carbonyl (C=O) groups excluding carboxylic acids is 1. The van der Waals surface area contributed by atoms with Gasteiger partial charge in [-0.1, -0.05) is 35.1 Å². The molecule has 1 fully saturated rings. The van der Waals surface area contributed by atoms with Crippen LogP contribution < -0.4 is 4.90 Å². The van der Waals surface area contributed by atoms with Crippen molar-refractivity contribution in [1.29, 1.82) is 0 Å². The number of para-hydroxylation sites is 1. The maximum Gasteiger partial charge on any atom is 0.229 e. The molecule has 0 spiro atoms. The summed E-state index contributed by atoms with van der Waals surface area (Å²) in [6, 6.07) is 15.7. The van der Waals surface area contributed by atoms with Gasteiger partial charge in [0.15, 0.2) is 5.13 Å². The van der Waals surface area contributed by atoms with Crippen molar-refractivity contribution in [2.75, 3.05) is 23.8 Å². The number of aromatic nitrogens is 1. The van der Waals surface area contributed by atoms with Crippen LogP contribution in [0.3, 0.4) is 0 Å². The highest BCUT2D eigenvalue weighted by atomic mass is 35.5. The van der Waals surface area contributed by atoms with Crippen LogP contribution in [0.4, 0.5) is 5.13 Å². The van der Waals surface area contributed by atoms with E-state index in [4.69, 9.17) is 21.3 Å². The van der Waals surface area contributed by atoms with Gasteiger partial charge >= 0.3 is 0 Å². The van der Waals surface area contributed by atoms with Gasteiger partial charge in [0.2, 0.25) is 5.91 Å². The van der Waals surface area contributed by atoms with Crippen LogP contribution in [-0.4, -0.2) is 35.9 Å². The summed E-state index contributed by atoms with van der Waals surface area (Å²) in [5, 5.41) is 1.48. The first kappa shape index (κ1) is 19.7. The fourth-order valence-corrected chi connectivity index (χ4v) is 5.14. The average Bonchev–Trinajstić information content (AvgIpc) is 3.36. The summed E-state index contributed by atoms with van der Waals surface area (Å²) >= 11 is 9.16. The molecule has 0 saturated carbocycles. The summed E-state index contributed by atoms with van der Waals surface area (Å²) in [6.07, 6.45) is 2.60. The van der Waals surface area contributed by atoms with Gasteiger partial charge in [0.25, 0.3) is 0 Å². The Bertz CT molecular complexity index is 906. The Kier molecular flexibility index (Phi) is 6.52. The molecule has 146 valence electrons. The Hall–Kier alpha value is -1.60. The third-order valence-corrected chi connectivity index (χ3v) is 6.95. The quantitative estimate of drug-likeness (QED) is 0.453.